The molecule has 0 atom stereocenters. The molecule has 0 fully saturated rings. The summed E-state index contributed by atoms with van der Waals surface area (Å²) in [7, 11) is 0. The summed E-state index contributed by atoms with van der Waals surface area (Å²) >= 11 is 2.20. The molecule has 0 aliphatic carbocycles. The molecule has 2 aromatic rings. The van der Waals surface area contributed by atoms with Crippen LogP contribution in [-0.4, -0.2) is 17.1 Å². The quantitative estimate of drug-likeness (QED) is 0.603. The SMILES string of the molecule is CCOC(=O)c1cn2c3c(cc(I)cc3c1=O)CC2. The molecule has 98 valence electrons. The summed E-state index contributed by atoms with van der Waals surface area (Å²) in [6, 6.07) is 3.93. The van der Waals surface area contributed by atoms with Crippen LogP contribution in [0.2, 0.25) is 0 Å². The molecule has 2 heterocycles. The highest BCUT2D eigenvalue weighted by Gasteiger charge is 2.21. The van der Waals surface area contributed by atoms with Crippen molar-refractivity contribution < 1.29 is 9.53 Å². The minimum absolute atomic E-state index is 0.129. The van der Waals surface area contributed by atoms with Crippen molar-refractivity contribution in [1.29, 1.82) is 0 Å². The Hall–Kier alpha value is -1.37. The normalized spacial score (nSPS) is 12.9. The molecule has 0 bridgehead atoms. The van der Waals surface area contributed by atoms with Crippen molar-refractivity contribution in [2.45, 2.75) is 19.9 Å². The highest BCUT2D eigenvalue weighted by atomic mass is 127. The lowest BCUT2D eigenvalue weighted by Gasteiger charge is -2.08. The molecule has 3 rings (SSSR count). The lowest BCUT2D eigenvalue weighted by molar-refractivity contribution is 0.0524. The average molecular weight is 369 g/mol. The second kappa shape index (κ2) is 4.63. The topological polar surface area (TPSA) is 48.3 Å². The van der Waals surface area contributed by atoms with E-state index in [4.69, 9.17) is 4.74 Å². The van der Waals surface area contributed by atoms with Gasteiger partial charge in [0.1, 0.15) is 5.56 Å². The third-order valence-electron chi connectivity index (χ3n) is 3.33. The molecule has 0 saturated heterocycles. The summed E-state index contributed by atoms with van der Waals surface area (Å²) in [4.78, 5) is 24.3. The number of carbonyl (C=O) groups is 1. The maximum Gasteiger partial charge on any atom is 0.343 e. The van der Waals surface area contributed by atoms with Crippen LogP contribution in [0.15, 0.2) is 23.1 Å². The van der Waals surface area contributed by atoms with Gasteiger partial charge in [0.05, 0.1) is 12.1 Å². The number of esters is 1. The van der Waals surface area contributed by atoms with Gasteiger partial charge in [-0.1, -0.05) is 0 Å². The zero-order valence-corrected chi connectivity index (χ0v) is 12.6. The van der Waals surface area contributed by atoms with Crippen LogP contribution in [0, 0.1) is 3.57 Å². The number of halogens is 1. The lowest BCUT2D eigenvalue weighted by atomic mass is 10.1. The second-order valence-electron chi connectivity index (χ2n) is 4.50. The first-order valence-corrected chi connectivity index (χ1v) is 7.22. The van der Waals surface area contributed by atoms with Crippen molar-refractivity contribution in [3.63, 3.8) is 0 Å². The van der Waals surface area contributed by atoms with Crippen LogP contribution < -0.4 is 5.43 Å². The third kappa shape index (κ3) is 1.96. The molecule has 0 saturated carbocycles. The number of hydrogen-bond acceptors (Lipinski definition) is 3. The van der Waals surface area contributed by atoms with E-state index < -0.39 is 5.97 Å². The van der Waals surface area contributed by atoms with Gasteiger partial charge < -0.3 is 9.30 Å². The van der Waals surface area contributed by atoms with E-state index in [1.807, 2.05) is 10.6 Å². The van der Waals surface area contributed by atoms with Crippen LogP contribution >= 0.6 is 22.6 Å². The van der Waals surface area contributed by atoms with E-state index in [1.165, 1.54) is 5.56 Å². The van der Waals surface area contributed by atoms with Gasteiger partial charge in [-0.25, -0.2) is 4.79 Å². The van der Waals surface area contributed by atoms with Crippen molar-refractivity contribution in [2.75, 3.05) is 6.61 Å². The molecule has 0 unspecified atom stereocenters. The Morgan fingerprint density at radius 3 is 3.00 bits per heavy atom. The number of carbonyl (C=O) groups excluding carboxylic acids is 1. The first-order chi connectivity index (χ1) is 9.11. The van der Waals surface area contributed by atoms with Crippen molar-refractivity contribution in [3.05, 3.63) is 43.2 Å². The van der Waals surface area contributed by atoms with E-state index >= 15 is 0 Å². The van der Waals surface area contributed by atoms with E-state index in [2.05, 4.69) is 28.7 Å². The Labute approximate surface area is 123 Å². The largest absolute Gasteiger partial charge is 0.462 e. The first kappa shape index (κ1) is 12.7. The molecule has 0 N–H and O–H groups in total. The van der Waals surface area contributed by atoms with Gasteiger partial charge in [-0.15, -0.1) is 0 Å². The fraction of sp³-hybridized carbons (Fsp3) is 0.286. The molecule has 1 aromatic heterocycles. The van der Waals surface area contributed by atoms with Crippen LogP contribution in [0.25, 0.3) is 10.9 Å². The van der Waals surface area contributed by atoms with Crippen molar-refractivity contribution >= 4 is 39.5 Å². The Balaban J connectivity index is 2.33. The van der Waals surface area contributed by atoms with E-state index in [0.29, 0.717) is 5.39 Å². The van der Waals surface area contributed by atoms with Gasteiger partial charge in [0.2, 0.25) is 5.43 Å². The average Bonchev–Trinajstić information content (AvgIpc) is 2.77. The van der Waals surface area contributed by atoms with E-state index in [9.17, 15) is 9.59 Å². The van der Waals surface area contributed by atoms with Crippen molar-refractivity contribution in [1.82, 2.24) is 4.57 Å². The number of pyridine rings is 1. The van der Waals surface area contributed by atoms with Crippen molar-refractivity contribution in [3.8, 4) is 0 Å². The molecule has 0 spiro atoms. The third-order valence-corrected chi connectivity index (χ3v) is 3.96. The summed E-state index contributed by atoms with van der Waals surface area (Å²) in [5.74, 6) is -0.537. The number of ether oxygens (including phenoxy) is 1. The standard InChI is InChI=1S/C14H12INO3/c1-2-19-14(18)11-7-16-4-3-8-5-9(15)6-10(12(8)16)13(11)17/h5-7H,2-4H2,1H3. The van der Waals surface area contributed by atoms with Crippen LogP contribution in [0.3, 0.4) is 0 Å². The van der Waals surface area contributed by atoms with E-state index in [-0.39, 0.29) is 17.6 Å². The molecule has 1 aliphatic rings. The molecule has 0 radical (unpaired) electrons. The van der Waals surface area contributed by atoms with Crippen LogP contribution in [0.4, 0.5) is 0 Å². The van der Waals surface area contributed by atoms with Crippen molar-refractivity contribution in [2.24, 2.45) is 0 Å². The number of hydrogen-bond donors (Lipinski definition) is 0. The minimum Gasteiger partial charge on any atom is -0.462 e. The Kier molecular flexibility index (Phi) is 3.08. The highest BCUT2D eigenvalue weighted by Crippen LogP contribution is 2.26. The number of aromatic nitrogens is 1. The fourth-order valence-corrected chi connectivity index (χ4v) is 3.24. The zero-order chi connectivity index (χ0) is 13.6. The molecule has 1 aliphatic heterocycles. The van der Waals surface area contributed by atoms with Crippen LogP contribution in [0.1, 0.15) is 22.8 Å². The van der Waals surface area contributed by atoms with E-state index in [0.717, 1.165) is 22.1 Å². The predicted octanol–water partition coefficient (Wildman–Crippen LogP) is 2.34. The van der Waals surface area contributed by atoms with Gasteiger partial charge in [-0.3, -0.25) is 4.79 Å². The molecular formula is C14H12INO3. The number of nitrogens with zero attached hydrogens (tertiary/aromatic N) is 1. The van der Waals surface area contributed by atoms with Gasteiger partial charge in [-0.05, 0) is 53.6 Å². The Morgan fingerprint density at radius 2 is 2.26 bits per heavy atom. The van der Waals surface area contributed by atoms with Gasteiger partial charge in [0.15, 0.2) is 0 Å². The number of rotatable bonds is 2. The highest BCUT2D eigenvalue weighted by molar-refractivity contribution is 14.1. The van der Waals surface area contributed by atoms with E-state index in [1.54, 1.807) is 13.1 Å². The molecular weight excluding hydrogens is 357 g/mol. The first-order valence-electron chi connectivity index (χ1n) is 6.14. The smallest absolute Gasteiger partial charge is 0.343 e. The summed E-state index contributed by atoms with van der Waals surface area (Å²) < 4.78 is 7.95. The van der Waals surface area contributed by atoms with Gasteiger partial charge in [0, 0.05) is 21.7 Å². The second-order valence-corrected chi connectivity index (χ2v) is 5.74. The Morgan fingerprint density at radius 1 is 1.47 bits per heavy atom. The number of benzene rings is 1. The minimum atomic E-state index is -0.537. The zero-order valence-electron chi connectivity index (χ0n) is 10.4. The van der Waals surface area contributed by atoms with Gasteiger partial charge in [0.25, 0.3) is 0 Å². The summed E-state index contributed by atoms with van der Waals surface area (Å²) in [6.07, 6.45) is 2.53. The summed E-state index contributed by atoms with van der Waals surface area (Å²) in [5.41, 5.74) is 2.03. The maximum atomic E-state index is 12.4. The van der Waals surface area contributed by atoms with Gasteiger partial charge >= 0.3 is 5.97 Å². The number of aryl methyl sites for hydroxylation is 2. The fourth-order valence-electron chi connectivity index (χ4n) is 2.55. The summed E-state index contributed by atoms with van der Waals surface area (Å²) in [6.45, 7) is 2.81. The molecule has 19 heavy (non-hydrogen) atoms. The monoisotopic (exact) mass is 369 g/mol. The molecule has 1 aromatic carbocycles. The molecule has 5 heteroatoms. The molecule has 4 nitrogen and oxygen atoms in total. The van der Waals surface area contributed by atoms with Gasteiger partial charge in [-0.2, -0.15) is 0 Å². The molecule has 0 amide bonds. The summed E-state index contributed by atoms with van der Waals surface area (Å²) in [5, 5.41) is 0.616. The van der Waals surface area contributed by atoms with Crippen LogP contribution in [-0.2, 0) is 17.7 Å². The predicted molar refractivity (Wildman–Crippen MR) is 80.6 cm³/mol. The Bertz CT molecular complexity index is 748. The maximum absolute atomic E-state index is 12.4. The lowest BCUT2D eigenvalue weighted by Crippen LogP contribution is -2.20. The van der Waals surface area contributed by atoms with Crippen LogP contribution in [0.5, 0.6) is 0 Å².